The summed E-state index contributed by atoms with van der Waals surface area (Å²) in [5.74, 6) is 1.35. The average molecular weight is 352 g/mol. The summed E-state index contributed by atoms with van der Waals surface area (Å²) in [6.45, 7) is 0.740. The van der Waals surface area contributed by atoms with Gasteiger partial charge in [-0.05, 0) is 47.5 Å². The molecular formula is C22H16N4O. The Morgan fingerprint density at radius 2 is 1.74 bits per heavy atom. The van der Waals surface area contributed by atoms with E-state index in [0.717, 1.165) is 28.7 Å². The molecule has 0 radical (unpaired) electrons. The van der Waals surface area contributed by atoms with Gasteiger partial charge in [0.1, 0.15) is 11.6 Å². The molecule has 0 amide bonds. The highest BCUT2D eigenvalue weighted by molar-refractivity contribution is 5.93. The van der Waals surface area contributed by atoms with E-state index in [4.69, 9.17) is 4.98 Å². The zero-order chi connectivity index (χ0) is 18.2. The number of para-hydroxylation sites is 2. The van der Waals surface area contributed by atoms with Gasteiger partial charge in [-0.1, -0.05) is 30.3 Å². The molecule has 0 unspecified atom stereocenters. The SMILES string of the molecule is Oc1ccccc1-c1nc(Nc2ccc3c(c2)C=NC3)c2ccccc2n1. The first-order chi connectivity index (χ1) is 13.3. The number of hydrogen-bond acceptors (Lipinski definition) is 5. The topological polar surface area (TPSA) is 70.4 Å². The summed E-state index contributed by atoms with van der Waals surface area (Å²) in [7, 11) is 0. The molecule has 5 nitrogen and oxygen atoms in total. The van der Waals surface area contributed by atoms with Crippen LogP contribution in [0.1, 0.15) is 11.1 Å². The number of aromatic hydroxyl groups is 1. The maximum atomic E-state index is 10.2. The van der Waals surface area contributed by atoms with Crippen molar-refractivity contribution in [3.8, 4) is 17.1 Å². The highest BCUT2D eigenvalue weighted by atomic mass is 16.3. The van der Waals surface area contributed by atoms with Crippen LogP contribution >= 0.6 is 0 Å². The number of nitrogens with zero attached hydrogens (tertiary/aromatic N) is 3. The molecule has 2 N–H and O–H groups in total. The van der Waals surface area contributed by atoms with Gasteiger partial charge in [-0.15, -0.1) is 0 Å². The van der Waals surface area contributed by atoms with E-state index in [1.165, 1.54) is 5.56 Å². The van der Waals surface area contributed by atoms with Gasteiger partial charge >= 0.3 is 0 Å². The number of phenolic OH excluding ortho intramolecular Hbond substituents is 1. The molecule has 0 saturated carbocycles. The van der Waals surface area contributed by atoms with E-state index in [9.17, 15) is 5.11 Å². The Labute approximate surface area is 156 Å². The highest BCUT2D eigenvalue weighted by Crippen LogP contribution is 2.31. The van der Waals surface area contributed by atoms with Crippen molar-refractivity contribution < 1.29 is 5.11 Å². The van der Waals surface area contributed by atoms with Crippen LogP contribution in [0.3, 0.4) is 0 Å². The van der Waals surface area contributed by atoms with Crippen molar-refractivity contribution in [3.63, 3.8) is 0 Å². The first kappa shape index (κ1) is 15.5. The predicted octanol–water partition coefficient (Wildman–Crippen LogP) is 4.68. The second kappa shape index (κ2) is 6.21. The van der Waals surface area contributed by atoms with Gasteiger partial charge in [-0.3, -0.25) is 4.99 Å². The fraction of sp³-hybridized carbons (Fsp3) is 0.0455. The Morgan fingerprint density at radius 1 is 0.889 bits per heavy atom. The molecule has 4 aromatic rings. The lowest BCUT2D eigenvalue weighted by molar-refractivity contribution is 0.477. The zero-order valence-corrected chi connectivity index (χ0v) is 14.4. The molecule has 0 atom stereocenters. The van der Waals surface area contributed by atoms with E-state index in [1.807, 2.05) is 48.7 Å². The first-order valence-corrected chi connectivity index (χ1v) is 8.73. The second-order valence-corrected chi connectivity index (χ2v) is 6.44. The number of hydrogen-bond donors (Lipinski definition) is 2. The van der Waals surface area contributed by atoms with Crippen LogP contribution in [-0.2, 0) is 6.54 Å². The molecule has 27 heavy (non-hydrogen) atoms. The molecule has 130 valence electrons. The smallest absolute Gasteiger partial charge is 0.165 e. The molecule has 5 rings (SSSR count). The fourth-order valence-electron chi connectivity index (χ4n) is 3.27. The maximum absolute atomic E-state index is 10.2. The molecule has 1 aliphatic heterocycles. The normalized spacial score (nSPS) is 12.3. The molecule has 2 heterocycles. The molecule has 0 spiro atoms. The van der Waals surface area contributed by atoms with Gasteiger partial charge in [0.25, 0.3) is 0 Å². The lowest BCUT2D eigenvalue weighted by atomic mass is 10.1. The van der Waals surface area contributed by atoms with Crippen molar-refractivity contribution in [1.29, 1.82) is 0 Å². The molecule has 1 aliphatic rings. The lowest BCUT2D eigenvalue weighted by Gasteiger charge is -2.12. The van der Waals surface area contributed by atoms with Crippen LogP contribution in [0, 0.1) is 0 Å². The third-order valence-corrected chi connectivity index (χ3v) is 4.65. The highest BCUT2D eigenvalue weighted by Gasteiger charge is 2.13. The number of benzene rings is 3. The van der Waals surface area contributed by atoms with Gasteiger partial charge in [0.2, 0.25) is 0 Å². The summed E-state index contributed by atoms with van der Waals surface area (Å²) in [5.41, 5.74) is 4.71. The predicted molar refractivity (Wildman–Crippen MR) is 108 cm³/mol. The van der Waals surface area contributed by atoms with Crippen molar-refractivity contribution in [1.82, 2.24) is 9.97 Å². The first-order valence-electron chi connectivity index (χ1n) is 8.73. The van der Waals surface area contributed by atoms with Crippen molar-refractivity contribution >= 4 is 28.6 Å². The summed E-state index contributed by atoms with van der Waals surface area (Å²) in [6, 6.07) is 21.1. The third-order valence-electron chi connectivity index (χ3n) is 4.65. The van der Waals surface area contributed by atoms with E-state index in [2.05, 4.69) is 27.4 Å². The minimum absolute atomic E-state index is 0.160. The van der Waals surface area contributed by atoms with Crippen molar-refractivity contribution in [2.45, 2.75) is 6.54 Å². The standard InChI is InChI=1S/C22H16N4O/c27-20-8-4-2-6-18(20)22-25-19-7-3-1-5-17(19)21(26-22)24-16-10-9-14-12-23-13-15(14)11-16/h1-11,13,27H,12H2,(H,24,25,26). The number of rotatable bonds is 3. The Bertz CT molecular complexity index is 1200. The summed E-state index contributed by atoms with van der Waals surface area (Å²) < 4.78 is 0. The molecule has 0 aliphatic carbocycles. The average Bonchev–Trinajstić information content (AvgIpc) is 3.16. The Kier molecular flexibility index (Phi) is 3.57. The van der Waals surface area contributed by atoms with Gasteiger partial charge in [-0.2, -0.15) is 0 Å². The minimum atomic E-state index is 0.160. The lowest BCUT2D eigenvalue weighted by Crippen LogP contribution is -2.00. The molecule has 0 saturated heterocycles. The summed E-state index contributed by atoms with van der Waals surface area (Å²) in [4.78, 5) is 13.6. The quantitative estimate of drug-likeness (QED) is 0.562. The van der Waals surface area contributed by atoms with Crippen LogP contribution in [0.4, 0.5) is 11.5 Å². The molecule has 5 heteroatoms. The van der Waals surface area contributed by atoms with E-state index in [0.29, 0.717) is 17.2 Å². The minimum Gasteiger partial charge on any atom is -0.507 e. The van der Waals surface area contributed by atoms with Crippen molar-refractivity contribution in [2.24, 2.45) is 4.99 Å². The molecule has 3 aromatic carbocycles. The summed E-state index contributed by atoms with van der Waals surface area (Å²) >= 11 is 0. The van der Waals surface area contributed by atoms with Gasteiger partial charge in [-0.25, -0.2) is 9.97 Å². The number of aromatic nitrogens is 2. The molecule has 1 aromatic heterocycles. The molecule has 0 fully saturated rings. The van der Waals surface area contributed by atoms with E-state index >= 15 is 0 Å². The van der Waals surface area contributed by atoms with Gasteiger partial charge in [0.15, 0.2) is 5.82 Å². The molecule has 0 bridgehead atoms. The fourth-order valence-corrected chi connectivity index (χ4v) is 3.27. The summed E-state index contributed by atoms with van der Waals surface area (Å²) in [5, 5.41) is 14.5. The number of aliphatic imine (C=N–C) groups is 1. The van der Waals surface area contributed by atoms with E-state index in [-0.39, 0.29) is 5.75 Å². The number of anilines is 2. The van der Waals surface area contributed by atoms with Gasteiger partial charge in [0.05, 0.1) is 17.6 Å². The van der Waals surface area contributed by atoms with Crippen LogP contribution in [0.15, 0.2) is 71.7 Å². The van der Waals surface area contributed by atoms with Crippen molar-refractivity contribution in [2.75, 3.05) is 5.32 Å². The number of fused-ring (bicyclic) bond motifs is 2. The maximum Gasteiger partial charge on any atom is 0.165 e. The van der Waals surface area contributed by atoms with Crippen LogP contribution in [0.25, 0.3) is 22.3 Å². The monoisotopic (exact) mass is 352 g/mol. The number of nitrogens with one attached hydrogen (secondary N) is 1. The Balaban J connectivity index is 1.64. The Morgan fingerprint density at radius 3 is 2.67 bits per heavy atom. The van der Waals surface area contributed by atoms with Crippen LogP contribution < -0.4 is 5.32 Å². The molecular weight excluding hydrogens is 336 g/mol. The zero-order valence-electron chi connectivity index (χ0n) is 14.4. The third kappa shape index (κ3) is 2.79. The van der Waals surface area contributed by atoms with Crippen molar-refractivity contribution in [3.05, 3.63) is 77.9 Å². The largest absolute Gasteiger partial charge is 0.507 e. The number of phenols is 1. The van der Waals surface area contributed by atoms with Gasteiger partial charge in [0, 0.05) is 17.3 Å². The van der Waals surface area contributed by atoms with Crippen LogP contribution in [0.2, 0.25) is 0 Å². The second-order valence-electron chi connectivity index (χ2n) is 6.44. The van der Waals surface area contributed by atoms with Crippen LogP contribution in [0.5, 0.6) is 5.75 Å². The van der Waals surface area contributed by atoms with E-state index in [1.54, 1.807) is 12.1 Å². The van der Waals surface area contributed by atoms with Crippen LogP contribution in [-0.4, -0.2) is 21.3 Å². The Hall–Kier alpha value is -3.73. The van der Waals surface area contributed by atoms with E-state index < -0.39 is 0 Å². The summed E-state index contributed by atoms with van der Waals surface area (Å²) in [6.07, 6.45) is 1.89. The van der Waals surface area contributed by atoms with Gasteiger partial charge < -0.3 is 10.4 Å².